The summed E-state index contributed by atoms with van der Waals surface area (Å²) in [5, 5.41) is 3.34. The Kier molecular flexibility index (Phi) is 5.60. The van der Waals surface area contributed by atoms with Crippen molar-refractivity contribution in [3.05, 3.63) is 53.2 Å². The maximum atomic E-state index is 12.6. The standard InChI is InChI=1S/C19H25N3O3S/c1-14-4-5-15(2)18(12-14)16(3)21-19-7-6-17(13-20-19)26(23,24)22-8-10-25-11-9-22/h4-7,12-13,16H,8-11H2,1-3H3,(H,20,21)/t16-/m0/s1. The monoisotopic (exact) mass is 375 g/mol. The van der Waals surface area contributed by atoms with Crippen LogP contribution in [0.1, 0.15) is 29.7 Å². The number of rotatable bonds is 5. The highest BCUT2D eigenvalue weighted by Gasteiger charge is 2.26. The van der Waals surface area contributed by atoms with Gasteiger partial charge in [-0.05, 0) is 44.0 Å². The van der Waals surface area contributed by atoms with E-state index in [1.54, 1.807) is 12.1 Å². The van der Waals surface area contributed by atoms with Gasteiger partial charge in [-0.2, -0.15) is 4.31 Å². The summed E-state index contributed by atoms with van der Waals surface area (Å²) in [5.41, 5.74) is 3.62. The summed E-state index contributed by atoms with van der Waals surface area (Å²) in [4.78, 5) is 4.52. The van der Waals surface area contributed by atoms with Crippen molar-refractivity contribution in [2.75, 3.05) is 31.6 Å². The maximum Gasteiger partial charge on any atom is 0.244 e. The second-order valence-electron chi connectivity index (χ2n) is 6.62. The Labute approximate surface area is 155 Å². The van der Waals surface area contributed by atoms with Gasteiger partial charge in [-0.15, -0.1) is 0 Å². The van der Waals surface area contributed by atoms with Crippen molar-refractivity contribution in [2.24, 2.45) is 0 Å². The second-order valence-corrected chi connectivity index (χ2v) is 8.56. The van der Waals surface area contributed by atoms with Crippen molar-refractivity contribution < 1.29 is 13.2 Å². The van der Waals surface area contributed by atoms with Gasteiger partial charge in [-0.1, -0.05) is 23.8 Å². The Hall–Kier alpha value is -1.96. The Morgan fingerprint density at radius 3 is 2.54 bits per heavy atom. The van der Waals surface area contributed by atoms with Gasteiger partial charge in [-0.3, -0.25) is 0 Å². The van der Waals surface area contributed by atoms with Gasteiger partial charge in [0, 0.05) is 19.3 Å². The van der Waals surface area contributed by atoms with Crippen LogP contribution in [0.3, 0.4) is 0 Å². The van der Waals surface area contributed by atoms with Gasteiger partial charge in [0.1, 0.15) is 10.7 Å². The van der Waals surface area contributed by atoms with E-state index >= 15 is 0 Å². The molecule has 1 aliphatic heterocycles. The van der Waals surface area contributed by atoms with Crippen LogP contribution in [0.2, 0.25) is 0 Å². The Morgan fingerprint density at radius 1 is 1.15 bits per heavy atom. The Morgan fingerprint density at radius 2 is 1.88 bits per heavy atom. The molecule has 26 heavy (non-hydrogen) atoms. The third-order valence-corrected chi connectivity index (χ3v) is 6.49. The van der Waals surface area contributed by atoms with Crippen LogP contribution >= 0.6 is 0 Å². The van der Waals surface area contributed by atoms with Crippen LogP contribution in [-0.4, -0.2) is 44.0 Å². The number of sulfonamides is 1. The summed E-state index contributed by atoms with van der Waals surface area (Å²) in [6.07, 6.45) is 1.42. The van der Waals surface area contributed by atoms with E-state index in [0.29, 0.717) is 32.1 Å². The molecule has 3 rings (SSSR count). The van der Waals surface area contributed by atoms with Gasteiger partial charge in [0.15, 0.2) is 0 Å². The lowest BCUT2D eigenvalue weighted by molar-refractivity contribution is 0.0730. The molecule has 1 aromatic heterocycles. The van der Waals surface area contributed by atoms with E-state index in [1.165, 1.54) is 27.2 Å². The number of nitrogens with zero attached hydrogens (tertiary/aromatic N) is 2. The van der Waals surface area contributed by atoms with Crippen LogP contribution < -0.4 is 5.32 Å². The SMILES string of the molecule is Cc1ccc(C)c([C@H](C)Nc2ccc(S(=O)(=O)N3CCOCC3)cn2)c1. The lowest BCUT2D eigenvalue weighted by Crippen LogP contribution is -2.40. The molecule has 0 radical (unpaired) electrons. The van der Waals surface area contributed by atoms with Crippen LogP contribution in [0.15, 0.2) is 41.4 Å². The Balaban J connectivity index is 1.74. The molecule has 0 bridgehead atoms. The molecule has 0 unspecified atom stereocenters. The van der Waals surface area contributed by atoms with Gasteiger partial charge in [0.05, 0.1) is 19.3 Å². The number of hydrogen-bond acceptors (Lipinski definition) is 5. The fourth-order valence-electron chi connectivity index (χ4n) is 3.08. The number of aryl methyl sites for hydroxylation is 2. The summed E-state index contributed by atoms with van der Waals surface area (Å²) in [7, 11) is -3.51. The second kappa shape index (κ2) is 7.73. The van der Waals surface area contributed by atoms with E-state index in [1.807, 2.05) is 0 Å². The number of nitrogens with one attached hydrogen (secondary N) is 1. The molecule has 0 spiro atoms. The summed E-state index contributed by atoms with van der Waals surface area (Å²) < 4.78 is 31.9. The van der Waals surface area contributed by atoms with Crippen LogP contribution in [0, 0.1) is 13.8 Å². The third kappa shape index (κ3) is 4.06. The van der Waals surface area contributed by atoms with Crippen molar-refractivity contribution in [1.29, 1.82) is 0 Å². The van der Waals surface area contributed by atoms with E-state index in [4.69, 9.17) is 4.74 Å². The van der Waals surface area contributed by atoms with Gasteiger partial charge >= 0.3 is 0 Å². The Bertz CT molecular complexity index is 860. The van der Waals surface area contributed by atoms with Crippen molar-refractivity contribution >= 4 is 15.8 Å². The third-order valence-electron chi connectivity index (χ3n) is 4.61. The number of hydrogen-bond donors (Lipinski definition) is 1. The molecule has 7 heteroatoms. The largest absolute Gasteiger partial charge is 0.379 e. The highest BCUT2D eigenvalue weighted by molar-refractivity contribution is 7.89. The van der Waals surface area contributed by atoms with Crippen LogP contribution in [0.5, 0.6) is 0 Å². The first-order valence-corrected chi connectivity index (χ1v) is 10.2. The lowest BCUT2D eigenvalue weighted by atomic mass is 10.00. The molecule has 6 nitrogen and oxygen atoms in total. The minimum Gasteiger partial charge on any atom is -0.379 e. The first-order valence-electron chi connectivity index (χ1n) is 8.75. The van der Waals surface area contributed by atoms with Gasteiger partial charge in [0.25, 0.3) is 0 Å². The van der Waals surface area contributed by atoms with E-state index in [-0.39, 0.29) is 10.9 Å². The predicted molar refractivity (Wildman–Crippen MR) is 102 cm³/mol. The molecular formula is C19H25N3O3S. The number of ether oxygens (including phenoxy) is 1. The van der Waals surface area contributed by atoms with Gasteiger partial charge < -0.3 is 10.1 Å². The van der Waals surface area contributed by atoms with Crippen LogP contribution in [0.4, 0.5) is 5.82 Å². The smallest absolute Gasteiger partial charge is 0.244 e. The summed E-state index contributed by atoms with van der Waals surface area (Å²) in [5.74, 6) is 0.652. The molecule has 140 valence electrons. The molecule has 1 N–H and O–H groups in total. The highest BCUT2D eigenvalue weighted by atomic mass is 32.2. The average molecular weight is 375 g/mol. The molecule has 0 aliphatic carbocycles. The highest BCUT2D eigenvalue weighted by Crippen LogP contribution is 2.23. The summed E-state index contributed by atoms with van der Waals surface area (Å²) in [6, 6.07) is 9.75. The molecular weight excluding hydrogens is 350 g/mol. The number of anilines is 1. The predicted octanol–water partition coefficient (Wildman–Crippen LogP) is 2.89. The zero-order chi connectivity index (χ0) is 18.7. The van der Waals surface area contributed by atoms with E-state index in [0.717, 1.165) is 0 Å². The molecule has 1 aliphatic rings. The molecule has 2 heterocycles. The molecule has 1 aromatic carbocycles. The molecule has 1 fully saturated rings. The van der Waals surface area contributed by atoms with E-state index in [2.05, 4.69) is 49.3 Å². The van der Waals surface area contributed by atoms with E-state index in [9.17, 15) is 8.42 Å². The maximum absolute atomic E-state index is 12.6. The van der Waals surface area contributed by atoms with Crippen molar-refractivity contribution in [1.82, 2.24) is 9.29 Å². The molecule has 0 saturated carbocycles. The number of pyridine rings is 1. The minimum absolute atomic E-state index is 0.0732. The summed E-state index contributed by atoms with van der Waals surface area (Å²) in [6.45, 7) is 7.84. The first-order chi connectivity index (χ1) is 12.4. The number of aromatic nitrogens is 1. The minimum atomic E-state index is -3.51. The van der Waals surface area contributed by atoms with E-state index < -0.39 is 10.0 Å². The summed E-state index contributed by atoms with van der Waals surface area (Å²) >= 11 is 0. The van der Waals surface area contributed by atoms with Crippen molar-refractivity contribution in [3.63, 3.8) is 0 Å². The van der Waals surface area contributed by atoms with Gasteiger partial charge in [-0.25, -0.2) is 13.4 Å². The molecule has 0 amide bonds. The fourth-order valence-corrected chi connectivity index (χ4v) is 4.43. The van der Waals surface area contributed by atoms with Crippen LogP contribution in [0.25, 0.3) is 0 Å². The number of benzene rings is 1. The topological polar surface area (TPSA) is 71.5 Å². The quantitative estimate of drug-likeness (QED) is 0.870. The zero-order valence-electron chi connectivity index (χ0n) is 15.4. The van der Waals surface area contributed by atoms with Crippen molar-refractivity contribution in [3.8, 4) is 0 Å². The van der Waals surface area contributed by atoms with Gasteiger partial charge in [0.2, 0.25) is 10.0 Å². The molecule has 2 aromatic rings. The lowest BCUT2D eigenvalue weighted by Gasteiger charge is -2.26. The zero-order valence-corrected chi connectivity index (χ0v) is 16.2. The molecule has 1 saturated heterocycles. The number of morpholine rings is 1. The van der Waals surface area contributed by atoms with Crippen molar-refractivity contribution in [2.45, 2.75) is 31.7 Å². The first kappa shape index (κ1) is 18.8. The fraction of sp³-hybridized carbons (Fsp3) is 0.421. The van der Waals surface area contributed by atoms with Crippen LogP contribution in [-0.2, 0) is 14.8 Å². The molecule has 1 atom stereocenters. The normalized spacial score (nSPS) is 17.0. The average Bonchev–Trinajstić information content (AvgIpc) is 2.65.